The van der Waals surface area contributed by atoms with Gasteiger partial charge < -0.3 is 10.6 Å². The second kappa shape index (κ2) is 7.95. The van der Waals surface area contributed by atoms with Gasteiger partial charge in [-0.1, -0.05) is 52.3 Å². The van der Waals surface area contributed by atoms with Crippen LogP contribution in [0.15, 0.2) is 53.0 Å². The minimum absolute atomic E-state index is 0. The Hall–Kier alpha value is -1.36. The SMILES string of the molecule is CC(NC(=O)C1Cc2ccccc2CN1)c1cccc(Br)c1.Cl. The molecule has 2 N–H and O–H groups in total. The van der Waals surface area contributed by atoms with Crippen LogP contribution in [-0.4, -0.2) is 11.9 Å². The van der Waals surface area contributed by atoms with Crippen LogP contribution in [0.1, 0.15) is 29.7 Å². The minimum atomic E-state index is -0.162. The van der Waals surface area contributed by atoms with E-state index in [4.69, 9.17) is 0 Å². The fourth-order valence-corrected chi connectivity index (χ4v) is 3.23. The average molecular weight is 396 g/mol. The smallest absolute Gasteiger partial charge is 0.237 e. The maximum absolute atomic E-state index is 12.5. The molecule has 1 heterocycles. The van der Waals surface area contributed by atoms with Crippen LogP contribution in [0.2, 0.25) is 0 Å². The van der Waals surface area contributed by atoms with Crippen molar-refractivity contribution in [2.45, 2.75) is 32.0 Å². The summed E-state index contributed by atoms with van der Waals surface area (Å²) >= 11 is 3.47. The second-order valence-corrected chi connectivity index (χ2v) is 6.61. The van der Waals surface area contributed by atoms with Gasteiger partial charge in [0.1, 0.15) is 0 Å². The number of hydrogen-bond acceptors (Lipinski definition) is 2. The number of fused-ring (bicyclic) bond motifs is 1. The molecule has 3 nitrogen and oxygen atoms in total. The summed E-state index contributed by atoms with van der Waals surface area (Å²) in [5, 5.41) is 6.42. The molecule has 1 amide bonds. The third-order valence-electron chi connectivity index (χ3n) is 4.11. The zero-order valence-electron chi connectivity index (χ0n) is 12.9. The van der Waals surface area contributed by atoms with Crippen molar-refractivity contribution in [1.29, 1.82) is 0 Å². The highest BCUT2D eigenvalue weighted by Crippen LogP contribution is 2.19. The number of rotatable bonds is 3. The third-order valence-corrected chi connectivity index (χ3v) is 4.60. The molecule has 0 bridgehead atoms. The molecule has 23 heavy (non-hydrogen) atoms. The Labute approximate surface area is 151 Å². The Morgan fingerprint density at radius 1 is 1.22 bits per heavy atom. The topological polar surface area (TPSA) is 41.1 Å². The van der Waals surface area contributed by atoms with Crippen molar-refractivity contribution in [3.8, 4) is 0 Å². The Balaban J connectivity index is 0.00000192. The molecule has 0 saturated carbocycles. The van der Waals surface area contributed by atoms with E-state index in [1.165, 1.54) is 11.1 Å². The van der Waals surface area contributed by atoms with Crippen LogP contribution in [0, 0.1) is 0 Å². The van der Waals surface area contributed by atoms with E-state index in [2.05, 4.69) is 38.7 Å². The quantitative estimate of drug-likeness (QED) is 0.831. The molecule has 1 aliphatic rings. The van der Waals surface area contributed by atoms with E-state index < -0.39 is 0 Å². The molecule has 0 saturated heterocycles. The molecule has 2 unspecified atom stereocenters. The highest BCUT2D eigenvalue weighted by molar-refractivity contribution is 9.10. The van der Waals surface area contributed by atoms with Crippen molar-refractivity contribution in [3.63, 3.8) is 0 Å². The fraction of sp³-hybridized carbons (Fsp3) is 0.278. The zero-order valence-corrected chi connectivity index (χ0v) is 15.3. The number of benzene rings is 2. The van der Waals surface area contributed by atoms with Crippen molar-refractivity contribution in [2.24, 2.45) is 0 Å². The first-order valence-electron chi connectivity index (χ1n) is 7.49. The summed E-state index contributed by atoms with van der Waals surface area (Å²) in [5.41, 5.74) is 3.64. The lowest BCUT2D eigenvalue weighted by Crippen LogP contribution is -2.48. The summed E-state index contributed by atoms with van der Waals surface area (Å²) < 4.78 is 1.02. The summed E-state index contributed by atoms with van der Waals surface area (Å²) in [6.07, 6.45) is 0.743. The number of halogens is 2. The highest BCUT2D eigenvalue weighted by atomic mass is 79.9. The number of carbonyl (C=O) groups excluding carboxylic acids is 1. The predicted molar refractivity (Wildman–Crippen MR) is 98.7 cm³/mol. The molecular weight excluding hydrogens is 376 g/mol. The molecule has 122 valence electrons. The van der Waals surface area contributed by atoms with Crippen LogP contribution in [0.4, 0.5) is 0 Å². The number of hydrogen-bond donors (Lipinski definition) is 2. The maximum atomic E-state index is 12.5. The lowest BCUT2D eigenvalue weighted by atomic mass is 9.95. The van der Waals surface area contributed by atoms with Gasteiger partial charge in [-0.05, 0) is 42.2 Å². The molecule has 0 fully saturated rings. The van der Waals surface area contributed by atoms with Gasteiger partial charge in [0.05, 0.1) is 12.1 Å². The van der Waals surface area contributed by atoms with Crippen LogP contribution >= 0.6 is 28.3 Å². The van der Waals surface area contributed by atoms with Gasteiger partial charge in [-0.15, -0.1) is 12.4 Å². The minimum Gasteiger partial charge on any atom is -0.348 e. The summed E-state index contributed by atoms with van der Waals surface area (Å²) in [6.45, 7) is 2.76. The lowest BCUT2D eigenvalue weighted by Gasteiger charge is -2.26. The average Bonchev–Trinajstić information content (AvgIpc) is 2.54. The first kappa shape index (κ1) is 18.0. The van der Waals surface area contributed by atoms with Gasteiger partial charge in [0, 0.05) is 11.0 Å². The van der Waals surface area contributed by atoms with Crippen molar-refractivity contribution in [3.05, 3.63) is 69.7 Å². The van der Waals surface area contributed by atoms with Crippen LogP contribution in [0.3, 0.4) is 0 Å². The highest BCUT2D eigenvalue weighted by Gasteiger charge is 2.24. The molecule has 2 aromatic rings. The second-order valence-electron chi connectivity index (χ2n) is 5.69. The normalized spacial score (nSPS) is 17.6. The first-order valence-corrected chi connectivity index (χ1v) is 8.29. The molecule has 5 heteroatoms. The van der Waals surface area contributed by atoms with Crippen LogP contribution < -0.4 is 10.6 Å². The Kier molecular flexibility index (Phi) is 6.22. The third kappa shape index (κ3) is 4.34. The number of carbonyl (C=O) groups is 1. The molecule has 1 aliphatic heterocycles. The van der Waals surface area contributed by atoms with E-state index >= 15 is 0 Å². The van der Waals surface area contributed by atoms with E-state index in [-0.39, 0.29) is 30.4 Å². The van der Waals surface area contributed by atoms with E-state index in [1.54, 1.807) is 0 Å². The van der Waals surface area contributed by atoms with Gasteiger partial charge in [-0.25, -0.2) is 0 Å². The van der Waals surface area contributed by atoms with Gasteiger partial charge in [0.25, 0.3) is 0 Å². The van der Waals surface area contributed by atoms with Crippen LogP contribution in [0.5, 0.6) is 0 Å². The summed E-state index contributed by atoms with van der Waals surface area (Å²) in [4.78, 5) is 12.5. The molecular formula is C18H20BrClN2O. The van der Waals surface area contributed by atoms with E-state index in [0.717, 1.165) is 23.0 Å². The predicted octanol–water partition coefficient (Wildman–Crippen LogP) is 3.76. The molecule has 0 aromatic heterocycles. The first-order chi connectivity index (χ1) is 10.6. The molecule has 2 atom stereocenters. The molecule has 2 aromatic carbocycles. The van der Waals surface area contributed by atoms with Gasteiger partial charge in [-0.3, -0.25) is 4.79 Å². The van der Waals surface area contributed by atoms with Crippen molar-refractivity contribution in [2.75, 3.05) is 0 Å². The fourth-order valence-electron chi connectivity index (χ4n) is 2.81. The zero-order chi connectivity index (χ0) is 15.5. The number of nitrogens with one attached hydrogen (secondary N) is 2. The van der Waals surface area contributed by atoms with Gasteiger partial charge in [-0.2, -0.15) is 0 Å². The molecule has 0 aliphatic carbocycles. The van der Waals surface area contributed by atoms with Crippen molar-refractivity contribution >= 4 is 34.2 Å². The lowest BCUT2D eigenvalue weighted by molar-refractivity contribution is -0.124. The van der Waals surface area contributed by atoms with Crippen molar-refractivity contribution < 1.29 is 4.79 Å². The molecule has 3 rings (SSSR count). The number of amides is 1. The van der Waals surface area contributed by atoms with Crippen LogP contribution in [-0.2, 0) is 17.8 Å². The van der Waals surface area contributed by atoms with Crippen molar-refractivity contribution in [1.82, 2.24) is 10.6 Å². The largest absolute Gasteiger partial charge is 0.348 e. The standard InChI is InChI=1S/C18H19BrN2O.ClH/c1-12(13-7-4-8-16(19)9-13)21-18(22)17-10-14-5-2-3-6-15(14)11-20-17;/h2-9,12,17,20H,10-11H2,1H3,(H,21,22);1H. The Morgan fingerprint density at radius 3 is 2.70 bits per heavy atom. The van der Waals surface area contributed by atoms with Gasteiger partial charge in [0.15, 0.2) is 0 Å². The Bertz CT molecular complexity index is 692. The van der Waals surface area contributed by atoms with Crippen LogP contribution in [0.25, 0.3) is 0 Å². The van der Waals surface area contributed by atoms with Gasteiger partial charge >= 0.3 is 0 Å². The summed E-state index contributed by atoms with van der Waals surface area (Å²) in [7, 11) is 0. The molecule has 0 radical (unpaired) electrons. The molecule has 0 spiro atoms. The monoisotopic (exact) mass is 394 g/mol. The maximum Gasteiger partial charge on any atom is 0.237 e. The Morgan fingerprint density at radius 2 is 1.96 bits per heavy atom. The van der Waals surface area contributed by atoms with Gasteiger partial charge in [0.2, 0.25) is 5.91 Å². The summed E-state index contributed by atoms with van der Waals surface area (Å²) in [5.74, 6) is 0.0574. The van der Waals surface area contributed by atoms with E-state index in [9.17, 15) is 4.79 Å². The van der Waals surface area contributed by atoms with E-state index in [1.807, 2.05) is 43.3 Å². The van der Waals surface area contributed by atoms with E-state index in [0.29, 0.717) is 0 Å². The summed E-state index contributed by atoms with van der Waals surface area (Å²) in [6, 6.07) is 16.1.